The summed E-state index contributed by atoms with van der Waals surface area (Å²) in [7, 11) is 0. The Morgan fingerprint density at radius 1 is 1.22 bits per heavy atom. The van der Waals surface area contributed by atoms with Crippen LogP contribution in [0.1, 0.15) is 26.4 Å². The van der Waals surface area contributed by atoms with Gasteiger partial charge < -0.3 is 5.32 Å². The number of halogens is 1. The van der Waals surface area contributed by atoms with E-state index >= 15 is 0 Å². The van der Waals surface area contributed by atoms with Gasteiger partial charge in [0.25, 0.3) is 5.91 Å². The van der Waals surface area contributed by atoms with E-state index in [9.17, 15) is 4.79 Å². The van der Waals surface area contributed by atoms with Crippen LogP contribution in [0.25, 0.3) is 0 Å². The number of benzene rings is 1. The number of amides is 1. The van der Waals surface area contributed by atoms with Crippen molar-refractivity contribution in [3.05, 3.63) is 57.3 Å². The fourth-order valence-corrected chi connectivity index (χ4v) is 2.83. The summed E-state index contributed by atoms with van der Waals surface area (Å²) in [5.74, 6) is 0.00654. The molecule has 1 aromatic carbocycles. The fraction of sp³-hybridized carbons (Fsp3) is 0.214. The third-order valence-corrected chi connectivity index (χ3v) is 4.36. The molecule has 0 atom stereocenters. The van der Waals surface area contributed by atoms with Crippen LogP contribution < -0.4 is 5.32 Å². The molecule has 0 radical (unpaired) electrons. The lowest BCUT2D eigenvalue weighted by Crippen LogP contribution is -2.22. The first-order valence-corrected chi connectivity index (χ1v) is 7.67. The number of rotatable bonds is 4. The van der Waals surface area contributed by atoms with Crippen molar-refractivity contribution in [1.29, 1.82) is 0 Å². The van der Waals surface area contributed by atoms with E-state index in [0.717, 1.165) is 21.3 Å². The number of alkyl halides is 1. The molecule has 4 heteroatoms. The molecule has 0 unspecified atom stereocenters. The molecule has 1 amide bonds. The summed E-state index contributed by atoms with van der Waals surface area (Å²) in [6.45, 7) is 2.52. The summed E-state index contributed by atoms with van der Waals surface area (Å²) in [5.41, 5.74) is 3.38. The van der Waals surface area contributed by atoms with Crippen LogP contribution in [-0.4, -0.2) is 5.91 Å². The van der Waals surface area contributed by atoms with Gasteiger partial charge in [0.2, 0.25) is 0 Å². The van der Waals surface area contributed by atoms with E-state index in [0.29, 0.717) is 6.54 Å². The number of aryl methyl sites for hydroxylation is 1. The first kappa shape index (κ1) is 13.3. The minimum absolute atomic E-state index is 0.00654. The number of hydrogen-bond donors (Lipinski definition) is 1. The third-order valence-electron chi connectivity index (χ3n) is 2.70. The van der Waals surface area contributed by atoms with Crippen LogP contribution in [0.3, 0.4) is 0 Å². The smallest absolute Gasteiger partial charge is 0.261 e. The molecule has 0 saturated heterocycles. The highest BCUT2D eigenvalue weighted by molar-refractivity contribution is 9.08. The Hall–Kier alpha value is -1.13. The van der Waals surface area contributed by atoms with Gasteiger partial charge in [0.1, 0.15) is 0 Å². The highest BCUT2D eigenvalue weighted by Crippen LogP contribution is 2.15. The molecule has 0 aliphatic carbocycles. The van der Waals surface area contributed by atoms with E-state index < -0.39 is 0 Å². The molecule has 0 spiro atoms. The molecule has 1 heterocycles. The highest BCUT2D eigenvalue weighted by atomic mass is 79.9. The van der Waals surface area contributed by atoms with Gasteiger partial charge in [-0.1, -0.05) is 40.2 Å². The minimum Gasteiger partial charge on any atom is -0.347 e. The summed E-state index contributed by atoms with van der Waals surface area (Å²) in [6, 6.07) is 10.2. The zero-order valence-corrected chi connectivity index (χ0v) is 12.5. The molecule has 1 N–H and O–H groups in total. The van der Waals surface area contributed by atoms with Gasteiger partial charge in [0.15, 0.2) is 0 Å². The number of thiophene rings is 1. The van der Waals surface area contributed by atoms with Crippen molar-refractivity contribution in [1.82, 2.24) is 5.32 Å². The Labute approximate surface area is 119 Å². The van der Waals surface area contributed by atoms with Crippen LogP contribution in [0.2, 0.25) is 0 Å². The van der Waals surface area contributed by atoms with E-state index in [-0.39, 0.29) is 5.91 Å². The van der Waals surface area contributed by atoms with Gasteiger partial charge in [-0.25, -0.2) is 0 Å². The Balaban J connectivity index is 1.95. The summed E-state index contributed by atoms with van der Waals surface area (Å²) in [6.07, 6.45) is 0. The monoisotopic (exact) mass is 323 g/mol. The Kier molecular flexibility index (Phi) is 4.55. The van der Waals surface area contributed by atoms with Crippen LogP contribution in [-0.2, 0) is 11.9 Å². The van der Waals surface area contributed by atoms with Crippen molar-refractivity contribution >= 4 is 33.2 Å². The van der Waals surface area contributed by atoms with E-state index in [4.69, 9.17) is 0 Å². The maximum atomic E-state index is 11.9. The molecule has 0 aliphatic heterocycles. The molecule has 18 heavy (non-hydrogen) atoms. The molecule has 0 bridgehead atoms. The normalized spacial score (nSPS) is 10.3. The minimum atomic E-state index is 0.00654. The van der Waals surface area contributed by atoms with Crippen molar-refractivity contribution in [3.8, 4) is 0 Å². The summed E-state index contributed by atoms with van der Waals surface area (Å²) >= 11 is 4.89. The zero-order valence-electron chi connectivity index (χ0n) is 10.1. The Bertz CT molecular complexity index is 533. The van der Waals surface area contributed by atoms with E-state index in [1.165, 1.54) is 16.9 Å². The summed E-state index contributed by atoms with van der Waals surface area (Å²) in [4.78, 5) is 12.7. The fourth-order valence-electron chi connectivity index (χ4n) is 1.61. The quantitative estimate of drug-likeness (QED) is 0.850. The topological polar surface area (TPSA) is 29.1 Å². The lowest BCUT2D eigenvalue weighted by Gasteiger charge is -2.05. The maximum Gasteiger partial charge on any atom is 0.261 e. The van der Waals surface area contributed by atoms with E-state index in [1.54, 1.807) is 0 Å². The van der Waals surface area contributed by atoms with Crippen molar-refractivity contribution in [2.45, 2.75) is 18.8 Å². The molecule has 2 aromatic rings. The summed E-state index contributed by atoms with van der Waals surface area (Å²) in [5, 5.41) is 5.73. The van der Waals surface area contributed by atoms with Gasteiger partial charge in [-0.05, 0) is 35.1 Å². The molecule has 0 aliphatic rings. The third kappa shape index (κ3) is 3.21. The molecule has 94 valence electrons. The highest BCUT2D eigenvalue weighted by Gasteiger charge is 2.09. The first-order chi connectivity index (χ1) is 8.70. The largest absolute Gasteiger partial charge is 0.347 e. The SMILES string of the molecule is Cc1ccsc1C(=O)NCc1ccc(CBr)cc1. The number of carbonyl (C=O) groups excluding carboxylic acids is 1. The van der Waals surface area contributed by atoms with Crippen LogP contribution in [0, 0.1) is 6.92 Å². The second kappa shape index (κ2) is 6.16. The predicted octanol–water partition coefficient (Wildman–Crippen LogP) is 3.88. The lowest BCUT2D eigenvalue weighted by atomic mass is 10.1. The molecule has 1 aromatic heterocycles. The summed E-state index contributed by atoms with van der Waals surface area (Å²) < 4.78 is 0. The van der Waals surface area contributed by atoms with Gasteiger partial charge >= 0.3 is 0 Å². The second-order valence-electron chi connectivity index (χ2n) is 4.07. The number of carbonyl (C=O) groups is 1. The van der Waals surface area contributed by atoms with Crippen LogP contribution in [0.4, 0.5) is 0 Å². The van der Waals surface area contributed by atoms with Gasteiger partial charge in [-0.3, -0.25) is 4.79 Å². The van der Waals surface area contributed by atoms with E-state index in [2.05, 4.69) is 33.4 Å². The van der Waals surface area contributed by atoms with Crippen molar-refractivity contribution in [2.75, 3.05) is 0 Å². The van der Waals surface area contributed by atoms with Crippen LogP contribution >= 0.6 is 27.3 Å². The van der Waals surface area contributed by atoms with Crippen molar-refractivity contribution < 1.29 is 4.79 Å². The van der Waals surface area contributed by atoms with Crippen molar-refractivity contribution in [2.24, 2.45) is 0 Å². The standard InChI is InChI=1S/C14H14BrNOS/c1-10-6-7-18-13(10)14(17)16-9-12-4-2-11(8-15)3-5-12/h2-7H,8-9H2,1H3,(H,16,17). The molecule has 2 rings (SSSR count). The lowest BCUT2D eigenvalue weighted by molar-refractivity contribution is 0.0954. The van der Waals surface area contributed by atoms with Crippen molar-refractivity contribution in [3.63, 3.8) is 0 Å². The number of nitrogens with one attached hydrogen (secondary N) is 1. The average Bonchev–Trinajstić information content (AvgIpc) is 2.83. The predicted molar refractivity (Wildman–Crippen MR) is 79.3 cm³/mol. The van der Waals surface area contributed by atoms with Crippen LogP contribution in [0.15, 0.2) is 35.7 Å². The molecule has 0 saturated carbocycles. The number of hydrogen-bond acceptors (Lipinski definition) is 2. The molecule has 0 fully saturated rings. The van der Waals surface area contributed by atoms with E-state index in [1.807, 2.05) is 30.5 Å². The van der Waals surface area contributed by atoms with Gasteiger partial charge in [0, 0.05) is 11.9 Å². The average molecular weight is 324 g/mol. The van der Waals surface area contributed by atoms with Gasteiger partial charge in [-0.2, -0.15) is 0 Å². The second-order valence-corrected chi connectivity index (χ2v) is 5.54. The Morgan fingerprint density at radius 2 is 1.89 bits per heavy atom. The Morgan fingerprint density at radius 3 is 2.44 bits per heavy atom. The molecule has 2 nitrogen and oxygen atoms in total. The first-order valence-electron chi connectivity index (χ1n) is 5.67. The van der Waals surface area contributed by atoms with Crippen LogP contribution in [0.5, 0.6) is 0 Å². The maximum absolute atomic E-state index is 11.9. The molecular weight excluding hydrogens is 310 g/mol. The zero-order chi connectivity index (χ0) is 13.0. The van der Waals surface area contributed by atoms with Gasteiger partial charge in [-0.15, -0.1) is 11.3 Å². The molecular formula is C14H14BrNOS. The van der Waals surface area contributed by atoms with Gasteiger partial charge in [0.05, 0.1) is 4.88 Å².